The minimum Gasteiger partial charge on any atom is -0.481 e. The zero-order valence-corrected chi connectivity index (χ0v) is 7.84. The number of carbonyl (C=O) groups is 1. The first-order valence-corrected chi connectivity index (χ1v) is 4.13. The predicted molar refractivity (Wildman–Crippen MR) is 51.0 cm³/mol. The summed E-state index contributed by atoms with van der Waals surface area (Å²) >= 11 is 5.23. The molecule has 0 atom stereocenters. The van der Waals surface area contributed by atoms with Gasteiger partial charge >= 0.3 is 0 Å². The zero-order chi connectivity index (χ0) is 10.4. The Bertz CT molecular complexity index is 375. The van der Waals surface area contributed by atoms with Gasteiger partial charge in [-0.15, -0.1) is 4.39 Å². The highest BCUT2D eigenvalue weighted by atomic mass is 35.5. The van der Waals surface area contributed by atoms with E-state index in [4.69, 9.17) is 16.3 Å². The van der Waals surface area contributed by atoms with Gasteiger partial charge in [0, 0.05) is 5.56 Å². The molecular weight excluding hydrogens is 207 g/mol. The van der Waals surface area contributed by atoms with E-state index in [1.54, 1.807) is 12.1 Å². The predicted octanol–water partition coefficient (Wildman–Crippen LogP) is 2.37. The molecule has 1 aromatic rings. The van der Waals surface area contributed by atoms with E-state index < -0.39 is 5.24 Å². The highest BCUT2D eigenvalue weighted by Gasteiger charge is 2.00. The van der Waals surface area contributed by atoms with Crippen molar-refractivity contribution in [1.29, 1.82) is 0 Å². The Morgan fingerprint density at radius 1 is 1.43 bits per heavy atom. The first-order chi connectivity index (χ1) is 6.74. The van der Waals surface area contributed by atoms with E-state index in [0.29, 0.717) is 11.3 Å². The van der Waals surface area contributed by atoms with Gasteiger partial charge in [0.1, 0.15) is 11.9 Å². The van der Waals surface area contributed by atoms with Crippen LogP contribution in [0.1, 0.15) is 10.4 Å². The molecule has 72 valence electrons. The van der Waals surface area contributed by atoms with Crippen LogP contribution in [0.15, 0.2) is 24.3 Å². The van der Waals surface area contributed by atoms with Gasteiger partial charge in [0.2, 0.25) is 0 Å². The molecule has 0 bridgehead atoms. The summed E-state index contributed by atoms with van der Waals surface area (Å²) in [6.45, 7) is -0.0231. The van der Waals surface area contributed by atoms with Crippen LogP contribution in [0.4, 0.5) is 4.39 Å². The molecule has 0 radical (unpaired) electrons. The maximum atomic E-state index is 11.4. The number of benzene rings is 1. The fourth-order valence-corrected chi connectivity index (χ4v) is 0.955. The molecule has 0 aromatic heterocycles. The fraction of sp³-hybridized carbons (Fsp3) is 0.100. The topological polar surface area (TPSA) is 26.3 Å². The van der Waals surface area contributed by atoms with Crippen molar-refractivity contribution in [3.63, 3.8) is 0 Å². The molecule has 0 spiro atoms. The third kappa shape index (κ3) is 3.08. The maximum absolute atomic E-state index is 11.4. The zero-order valence-electron chi connectivity index (χ0n) is 7.09. The SMILES string of the molecule is O=C(Cl)c1ccc(OCC#CF)cc1. The van der Waals surface area contributed by atoms with E-state index in [2.05, 4.69) is 5.92 Å². The van der Waals surface area contributed by atoms with Crippen molar-refractivity contribution in [2.45, 2.75) is 0 Å². The van der Waals surface area contributed by atoms with Crippen molar-refractivity contribution >= 4 is 16.8 Å². The molecule has 0 N–H and O–H groups in total. The second-order valence-electron chi connectivity index (χ2n) is 2.36. The van der Waals surface area contributed by atoms with Crippen LogP contribution in [0.5, 0.6) is 5.75 Å². The molecule has 0 saturated heterocycles. The van der Waals surface area contributed by atoms with Crippen LogP contribution in [-0.4, -0.2) is 11.8 Å². The van der Waals surface area contributed by atoms with Gasteiger partial charge in [-0.25, -0.2) is 0 Å². The molecule has 0 aliphatic rings. The third-order valence-corrected chi connectivity index (χ3v) is 1.68. The fourth-order valence-electron chi connectivity index (χ4n) is 0.829. The van der Waals surface area contributed by atoms with Gasteiger partial charge in [0.25, 0.3) is 5.24 Å². The summed E-state index contributed by atoms with van der Waals surface area (Å²) in [5.41, 5.74) is 0.385. The van der Waals surface area contributed by atoms with Crippen LogP contribution in [0.3, 0.4) is 0 Å². The van der Waals surface area contributed by atoms with Gasteiger partial charge in [-0.2, -0.15) is 0 Å². The first-order valence-electron chi connectivity index (χ1n) is 3.75. The van der Waals surface area contributed by atoms with Gasteiger partial charge in [-0.05, 0) is 41.8 Å². The highest BCUT2D eigenvalue weighted by Crippen LogP contribution is 2.13. The van der Waals surface area contributed by atoms with Gasteiger partial charge < -0.3 is 4.74 Å². The molecule has 1 rings (SSSR count). The normalized spacial score (nSPS) is 8.71. The van der Waals surface area contributed by atoms with Gasteiger partial charge in [-0.1, -0.05) is 0 Å². The third-order valence-electron chi connectivity index (χ3n) is 1.46. The van der Waals surface area contributed by atoms with E-state index in [-0.39, 0.29) is 6.61 Å². The van der Waals surface area contributed by atoms with Crippen molar-refractivity contribution in [3.8, 4) is 17.8 Å². The molecule has 0 fully saturated rings. The van der Waals surface area contributed by atoms with Crippen LogP contribution in [-0.2, 0) is 0 Å². The second-order valence-corrected chi connectivity index (χ2v) is 2.70. The monoisotopic (exact) mass is 212 g/mol. The standard InChI is InChI=1S/C10H6ClFO2/c11-10(13)8-2-4-9(5-3-8)14-7-1-6-12/h2-5H,7H2. The molecule has 4 heteroatoms. The van der Waals surface area contributed by atoms with Crippen molar-refractivity contribution in [2.75, 3.05) is 6.61 Å². The summed E-state index contributed by atoms with van der Waals surface area (Å²) in [4.78, 5) is 10.7. The Morgan fingerprint density at radius 3 is 2.57 bits per heavy atom. The van der Waals surface area contributed by atoms with E-state index in [9.17, 15) is 9.18 Å². The quantitative estimate of drug-likeness (QED) is 0.568. The van der Waals surface area contributed by atoms with Crippen LogP contribution in [0, 0.1) is 12.1 Å². The molecule has 0 amide bonds. The summed E-state index contributed by atoms with van der Waals surface area (Å²) in [6.07, 6.45) is 1.22. The Morgan fingerprint density at radius 2 is 2.07 bits per heavy atom. The lowest BCUT2D eigenvalue weighted by atomic mass is 10.2. The Balaban J connectivity index is 2.62. The number of rotatable bonds is 3. The second kappa shape index (κ2) is 5.25. The van der Waals surface area contributed by atoms with Gasteiger partial charge in [0.05, 0.1) is 0 Å². The summed E-state index contributed by atoms with van der Waals surface area (Å²) in [5, 5.41) is -0.528. The summed E-state index contributed by atoms with van der Waals surface area (Å²) < 4.78 is 16.4. The summed E-state index contributed by atoms with van der Waals surface area (Å²) in [6, 6.07) is 6.17. The molecule has 14 heavy (non-hydrogen) atoms. The van der Waals surface area contributed by atoms with E-state index >= 15 is 0 Å². The molecule has 2 nitrogen and oxygen atoms in total. The lowest BCUT2D eigenvalue weighted by Crippen LogP contribution is -1.94. The summed E-state index contributed by atoms with van der Waals surface area (Å²) in [5.74, 6) is 2.61. The lowest BCUT2D eigenvalue weighted by Gasteiger charge is -2.01. The Kier molecular flexibility index (Phi) is 3.96. The maximum Gasteiger partial charge on any atom is 0.252 e. The van der Waals surface area contributed by atoms with Crippen molar-refractivity contribution < 1.29 is 13.9 Å². The van der Waals surface area contributed by atoms with Gasteiger partial charge in [0.15, 0.2) is 6.61 Å². The number of hydrogen-bond acceptors (Lipinski definition) is 2. The van der Waals surface area contributed by atoms with Crippen LogP contribution < -0.4 is 4.74 Å². The molecule has 0 aliphatic heterocycles. The number of halogens is 2. The van der Waals surface area contributed by atoms with Crippen LogP contribution in [0.2, 0.25) is 0 Å². The minimum atomic E-state index is -0.528. The van der Waals surface area contributed by atoms with Crippen LogP contribution in [0.25, 0.3) is 0 Å². The molecule has 0 saturated carbocycles. The minimum absolute atomic E-state index is 0.0231. The summed E-state index contributed by atoms with van der Waals surface area (Å²) in [7, 11) is 0. The highest BCUT2D eigenvalue weighted by molar-refractivity contribution is 6.67. The van der Waals surface area contributed by atoms with E-state index in [1.165, 1.54) is 18.3 Å². The van der Waals surface area contributed by atoms with Gasteiger partial charge in [-0.3, -0.25) is 4.79 Å². The molecule has 0 heterocycles. The average Bonchev–Trinajstić information content (AvgIpc) is 2.19. The van der Waals surface area contributed by atoms with Crippen molar-refractivity contribution in [1.82, 2.24) is 0 Å². The number of carbonyl (C=O) groups excluding carboxylic acids is 1. The van der Waals surface area contributed by atoms with Crippen LogP contribution >= 0.6 is 11.6 Å². The average molecular weight is 213 g/mol. The van der Waals surface area contributed by atoms with E-state index in [1.807, 2.05) is 0 Å². The molecule has 0 unspecified atom stereocenters. The molecule has 0 aliphatic carbocycles. The molecular formula is C10H6ClFO2. The smallest absolute Gasteiger partial charge is 0.252 e. The lowest BCUT2D eigenvalue weighted by molar-refractivity contribution is 0.108. The van der Waals surface area contributed by atoms with E-state index in [0.717, 1.165) is 0 Å². The van der Waals surface area contributed by atoms with Crippen molar-refractivity contribution in [2.24, 2.45) is 0 Å². The Labute approximate surface area is 85.6 Å². The number of hydrogen-bond donors (Lipinski definition) is 0. The Hall–Kier alpha value is -1.53. The van der Waals surface area contributed by atoms with Crippen molar-refractivity contribution in [3.05, 3.63) is 29.8 Å². The number of ether oxygens (including phenoxy) is 1. The molecule has 1 aromatic carbocycles. The largest absolute Gasteiger partial charge is 0.481 e. The first kappa shape index (κ1) is 10.6.